The second-order valence-corrected chi connectivity index (χ2v) is 8.50. The summed E-state index contributed by atoms with van der Waals surface area (Å²) in [7, 11) is -2.32. The van der Waals surface area contributed by atoms with Gasteiger partial charge in [-0.1, -0.05) is 6.42 Å². The summed E-state index contributed by atoms with van der Waals surface area (Å²) in [6, 6.07) is 7.36. The molecule has 10 heteroatoms. The smallest absolute Gasteiger partial charge is 0.291 e. The fourth-order valence-corrected chi connectivity index (χ4v) is 4.51. The fraction of sp³-hybridized carbons (Fsp3) is 0.368. The van der Waals surface area contributed by atoms with Crippen LogP contribution in [-0.2, 0) is 14.8 Å². The Labute approximate surface area is 169 Å². The van der Waals surface area contributed by atoms with Gasteiger partial charge in [0.15, 0.2) is 5.76 Å². The molecule has 0 atom stereocenters. The number of piperidine rings is 1. The Morgan fingerprint density at radius 1 is 1.07 bits per heavy atom. The number of hydrogen-bond donors (Lipinski definition) is 2. The molecule has 0 unspecified atom stereocenters. The topological polar surface area (TPSA) is 118 Å². The second kappa shape index (κ2) is 8.66. The Kier molecular flexibility index (Phi) is 6.23. The largest absolute Gasteiger partial charge is 0.495 e. The number of anilines is 2. The third-order valence-electron chi connectivity index (χ3n) is 4.48. The van der Waals surface area contributed by atoms with Crippen molar-refractivity contribution in [2.24, 2.45) is 0 Å². The standard InChI is InChI=1S/C19H23N3O6S/c1-13(23)20-14-6-7-16(27-2)15(12-14)21-19(24)17-8-9-18(28-17)29(25,26)22-10-4-3-5-11-22/h6-9,12H,3-5,10-11H2,1-2H3,(H,20,23)(H,21,24). The lowest BCUT2D eigenvalue weighted by Crippen LogP contribution is -2.35. The van der Waals surface area contributed by atoms with E-state index >= 15 is 0 Å². The maximum Gasteiger partial charge on any atom is 0.291 e. The van der Waals surface area contributed by atoms with E-state index in [0.29, 0.717) is 30.2 Å². The number of hydrogen-bond acceptors (Lipinski definition) is 6. The Hall–Kier alpha value is -2.85. The van der Waals surface area contributed by atoms with Crippen LogP contribution >= 0.6 is 0 Å². The number of carbonyl (C=O) groups excluding carboxylic acids is 2. The molecule has 0 radical (unpaired) electrons. The van der Waals surface area contributed by atoms with Crippen molar-refractivity contribution in [3.8, 4) is 5.75 Å². The normalized spacial score (nSPS) is 15.0. The molecular formula is C19H23N3O6S. The highest BCUT2D eigenvalue weighted by Gasteiger charge is 2.29. The van der Waals surface area contributed by atoms with Gasteiger partial charge in [0.2, 0.25) is 11.0 Å². The van der Waals surface area contributed by atoms with Gasteiger partial charge < -0.3 is 19.8 Å². The van der Waals surface area contributed by atoms with Gasteiger partial charge in [0.05, 0.1) is 12.8 Å². The van der Waals surface area contributed by atoms with Crippen LogP contribution in [0.1, 0.15) is 36.7 Å². The highest BCUT2D eigenvalue weighted by Crippen LogP contribution is 2.29. The quantitative estimate of drug-likeness (QED) is 0.740. The van der Waals surface area contributed by atoms with Crippen molar-refractivity contribution in [2.75, 3.05) is 30.8 Å². The van der Waals surface area contributed by atoms with Crippen LogP contribution in [0.25, 0.3) is 0 Å². The van der Waals surface area contributed by atoms with E-state index in [-0.39, 0.29) is 16.8 Å². The second-order valence-electron chi connectivity index (χ2n) is 6.63. The fourth-order valence-electron chi connectivity index (χ4n) is 3.08. The molecule has 29 heavy (non-hydrogen) atoms. The van der Waals surface area contributed by atoms with Gasteiger partial charge in [0.1, 0.15) is 5.75 Å². The maximum atomic E-state index is 12.7. The first-order valence-corrected chi connectivity index (χ1v) is 10.6. The molecule has 2 aromatic rings. The molecule has 1 aromatic heterocycles. The molecular weight excluding hydrogens is 398 g/mol. The summed E-state index contributed by atoms with van der Waals surface area (Å²) in [6.07, 6.45) is 2.60. The summed E-state index contributed by atoms with van der Waals surface area (Å²) in [5.74, 6) is -0.665. The first-order valence-electron chi connectivity index (χ1n) is 9.18. The lowest BCUT2D eigenvalue weighted by Gasteiger charge is -2.24. The summed E-state index contributed by atoms with van der Waals surface area (Å²) >= 11 is 0. The van der Waals surface area contributed by atoms with Gasteiger partial charge in [0, 0.05) is 25.7 Å². The van der Waals surface area contributed by atoms with E-state index in [9.17, 15) is 18.0 Å². The van der Waals surface area contributed by atoms with Crippen molar-refractivity contribution in [3.63, 3.8) is 0 Å². The molecule has 2 N–H and O–H groups in total. The average Bonchev–Trinajstić information content (AvgIpc) is 3.20. The van der Waals surface area contributed by atoms with Gasteiger partial charge in [-0.3, -0.25) is 9.59 Å². The summed E-state index contributed by atoms with van der Waals surface area (Å²) in [5.41, 5.74) is 0.780. The van der Waals surface area contributed by atoms with Crippen molar-refractivity contribution in [3.05, 3.63) is 36.1 Å². The lowest BCUT2D eigenvalue weighted by atomic mass is 10.2. The number of sulfonamides is 1. The van der Waals surface area contributed by atoms with Crippen LogP contribution in [0, 0.1) is 0 Å². The molecule has 0 aliphatic carbocycles. The summed E-state index contributed by atoms with van der Waals surface area (Å²) in [6.45, 7) is 2.26. The Morgan fingerprint density at radius 3 is 2.45 bits per heavy atom. The SMILES string of the molecule is COc1ccc(NC(C)=O)cc1NC(=O)c1ccc(S(=O)(=O)N2CCCCC2)o1. The van der Waals surface area contributed by atoms with Gasteiger partial charge in [-0.2, -0.15) is 4.31 Å². The molecule has 0 saturated carbocycles. The third-order valence-corrected chi connectivity index (χ3v) is 6.26. The van der Waals surface area contributed by atoms with Crippen LogP contribution in [0.2, 0.25) is 0 Å². The molecule has 1 saturated heterocycles. The monoisotopic (exact) mass is 421 g/mol. The Balaban J connectivity index is 1.79. The minimum absolute atomic E-state index is 0.146. The molecule has 1 fully saturated rings. The molecule has 1 aromatic carbocycles. The van der Waals surface area contributed by atoms with Crippen LogP contribution in [0.4, 0.5) is 11.4 Å². The van der Waals surface area contributed by atoms with Crippen molar-refractivity contribution >= 4 is 33.2 Å². The minimum atomic E-state index is -3.77. The number of rotatable bonds is 6. The zero-order valence-corrected chi connectivity index (χ0v) is 17.0. The molecule has 2 amide bonds. The molecule has 3 rings (SSSR count). The molecule has 2 heterocycles. The predicted octanol–water partition coefficient (Wildman–Crippen LogP) is 2.67. The first kappa shape index (κ1) is 20.9. The van der Waals surface area contributed by atoms with E-state index < -0.39 is 15.9 Å². The molecule has 9 nitrogen and oxygen atoms in total. The number of methoxy groups -OCH3 is 1. The maximum absolute atomic E-state index is 12.7. The van der Waals surface area contributed by atoms with Gasteiger partial charge in [-0.25, -0.2) is 8.42 Å². The van der Waals surface area contributed by atoms with Gasteiger partial charge >= 0.3 is 0 Å². The minimum Gasteiger partial charge on any atom is -0.495 e. The van der Waals surface area contributed by atoms with Crippen LogP contribution in [0.3, 0.4) is 0 Å². The highest BCUT2D eigenvalue weighted by molar-refractivity contribution is 7.89. The van der Waals surface area contributed by atoms with E-state index in [1.54, 1.807) is 12.1 Å². The number of benzene rings is 1. The van der Waals surface area contributed by atoms with E-state index in [1.807, 2.05) is 0 Å². The summed E-state index contributed by atoms with van der Waals surface area (Å²) in [4.78, 5) is 23.8. The van der Waals surface area contributed by atoms with Gasteiger partial charge in [-0.15, -0.1) is 0 Å². The van der Waals surface area contributed by atoms with Crippen molar-refractivity contribution in [1.82, 2.24) is 4.31 Å². The van der Waals surface area contributed by atoms with E-state index in [1.165, 1.54) is 36.5 Å². The van der Waals surface area contributed by atoms with Crippen molar-refractivity contribution < 1.29 is 27.2 Å². The van der Waals surface area contributed by atoms with Crippen LogP contribution in [0.5, 0.6) is 5.75 Å². The van der Waals surface area contributed by atoms with E-state index in [4.69, 9.17) is 9.15 Å². The highest BCUT2D eigenvalue weighted by atomic mass is 32.2. The van der Waals surface area contributed by atoms with E-state index in [0.717, 1.165) is 19.3 Å². The summed E-state index contributed by atoms with van der Waals surface area (Å²) in [5, 5.41) is 4.97. The number of ether oxygens (including phenoxy) is 1. The van der Waals surface area contributed by atoms with Gasteiger partial charge in [-0.05, 0) is 43.2 Å². The molecule has 0 bridgehead atoms. The lowest BCUT2D eigenvalue weighted by molar-refractivity contribution is -0.114. The van der Waals surface area contributed by atoms with Crippen LogP contribution in [-0.4, -0.2) is 44.7 Å². The number of furan rings is 1. The average molecular weight is 421 g/mol. The van der Waals surface area contributed by atoms with E-state index in [2.05, 4.69) is 10.6 Å². The molecule has 1 aliphatic rings. The van der Waals surface area contributed by atoms with Crippen molar-refractivity contribution in [1.29, 1.82) is 0 Å². The van der Waals surface area contributed by atoms with Gasteiger partial charge in [0.25, 0.3) is 15.9 Å². The summed E-state index contributed by atoms with van der Waals surface area (Å²) < 4.78 is 37.3. The third kappa shape index (κ3) is 4.77. The number of nitrogens with zero attached hydrogens (tertiary/aromatic N) is 1. The zero-order chi connectivity index (χ0) is 21.0. The molecule has 1 aliphatic heterocycles. The number of amides is 2. The number of nitrogens with one attached hydrogen (secondary N) is 2. The van der Waals surface area contributed by atoms with Crippen LogP contribution < -0.4 is 15.4 Å². The first-order chi connectivity index (χ1) is 13.8. The Morgan fingerprint density at radius 2 is 1.79 bits per heavy atom. The van der Waals surface area contributed by atoms with Crippen molar-refractivity contribution in [2.45, 2.75) is 31.3 Å². The molecule has 0 spiro atoms. The zero-order valence-electron chi connectivity index (χ0n) is 16.2. The predicted molar refractivity (Wildman–Crippen MR) is 107 cm³/mol. The Bertz CT molecular complexity index is 1010. The number of carbonyl (C=O) groups is 2. The molecule has 156 valence electrons. The van der Waals surface area contributed by atoms with Crippen LogP contribution in [0.15, 0.2) is 39.8 Å².